The summed E-state index contributed by atoms with van der Waals surface area (Å²) in [5.74, 6) is 0. The van der Waals surface area contributed by atoms with Crippen LogP contribution < -0.4 is 4.80 Å². The van der Waals surface area contributed by atoms with Gasteiger partial charge < -0.3 is 0 Å². The molecule has 0 fully saturated rings. The molecule has 5 nitrogen and oxygen atoms in total. The average Bonchev–Trinajstić information content (AvgIpc) is 3.42. The molecule has 0 saturated heterocycles. The molecule has 0 amide bonds. The van der Waals surface area contributed by atoms with E-state index in [2.05, 4.69) is 51.3 Å². The van der Waals surface area contributed by atoms with E-state index in [1.165, 1.54) is 0 Å². The molecule has 0 aliphatic carbocycles. The summed E-state index contributed by atoms with van der Waals surface area (Å²) in [6.07, 6.45) is 1.80. The fourth-order valence-corrected chi connectivity index (χ4v) is 4.68. The first kappa shape index (κ1) is 20.8. The Balaban J connectivity index is 1.56. The molecule has 162 valence electrons. The number of hydrogen-bond acceptors (Lipinski definition) is 4. The average molecular weight is 450 g/mol. The summed E-state index contributed by atoms with van der Waals surface area (Å²) in [4.78, 5) is 0.807. The molecule has 5 rings (SSSR count). The van der Waals surface area contributed by atoms with Crippen LogP contribution in [0.4, 0.5) is 0 Å². The van der Waals surface area contributed by atoms with Gasteiger partial charge in [0.05, 0.1) is 29.0 Å². The van der Waals surface area contributed by atoms with Gasteiger partial charge in [0.15, 0.2) is 0 Å². The summed E-state index contributed by atoms with van der Waals surface area (Å²) >= 11 is 1.57. The number of nitrogens with zero attached hydrogens (tertiary/aromatic N) is 5. The Morgan fingerprint density at radius 1 is 0.788 bits per heavy atom. The molecule has 2 heterocycles. The second-order valence-electron chi connectivity index (χ2n) is 7.62. The first-order valence-corrected chi connectivity index (χ1v) is 11.6. The lowest BCUT2D eigenvalue weighted by Gasteiger charge is -2.08. The van der Waals surface area contributed by atoms with Crippen molar-refractivity contribution in [2.45, 2.75) is 13.8 Å². The van der Waals surface area contributed by atoms with Crippen LogP contribution in [0.25, 0.3) is 22.6 Å². The highest BCUT2D eigenvalue weighted by Gasteiger charge is 2.12. The fraction of sp³-hybridized carbons (Fsp3) is 0.0741. The molecular weight excluding hydrogens is 426 g/mol. The lowest BCUT2D eigenvalue weighted by molar-refractivity contribution is 0.833. The summed E-state index contributed by atoms with van der Waals surface area (Å²) in [5, 5.41) is 15.9. The summed E-state index contributed by atoms with van der Waals surface area (Å²) in [6.45, 7) is 4.05. The van der Waals surface area contributed by atoms with Crippen LogP contribution in [-0.2, 0) is 0 Å². The van der Waals surface area contributed by atoms with Crippen molar-refractivity contribution in [3.63, 3.8) is 0 Å². The second-order valence-corrected chi connectivity index (χ2v) is 8.45. The van der Waals surface area contributed by atoms with Crippen molar-refractivity contribution in [1.29, 1.82) is 0 Å². The van der Waals surface area contributed by atoms with Crippen LogP contribution >= 0.6 is 11.3 Å². The third-order valence-corrected chi connectivity index (χ3v) is 6.29. The van der Waals surface area contributed by atoms with Crippen LogP contribution in [0, 0.1) is 13.8 Å². The van der Waals surface area contributed by atoms with E-state index in [4.69, 9.17) is 5.10 Å². The van der Waals surface area contributed by atoms with Crippen LogP contribution in [0.5, 0.6) is 0 Å². The number of hydrogen-bond donors (Lipinski definition) is 0. The molecule has 0 N–H and O–H groups in total. The molecule has 0 radical (unpaired) electrons. The van der Waals surface area contributed by atoms with Crippen molar-refractivity contribution in [2.24, 2.45) is 10.2 Å². The number of thiazole rings is 1. The zero-order valence-electron chi connectivity index (χ0n) is 18.5. The Morgan fingerprint density at radius 3 is 2.06 bits per heavy atom. The maximum absolute atomic E-state index is 4.70. The first-order chi connectivity index (χ1) is 16.2. The van der Waals surface area contributed by atoms with Crippen LogP contribution in [0.1, 0.15) is 17.0 Å². The summed E-state index contributed by atoms with van der Waals surface area (Å²) in [6, 6.07) is 30.7. The first-order valence-electron chi connectivity index (χ1n) is 10.7. The smallest absolute Gasteiger partial charge is 0.215 e. The van der Waals surface area contributed by atoms with E-state index in [1.807, 2.05) is 78.3 Å². The minimum absolute atomic E-state index is 0.807. The molecule has 33 heavy (non-hydrogen) atoms. The molecule has 2 aromatic heterocycles. The van der Waals surface area contributed by atoms with Crippen molar-refractivity contribution in [2.75, 3.05) is 0 Å². The van der Waals surface area contributed by atoms with Crippen LogP contribution in [0.15, 0.2) is 107 Å². The van der Waals surface area contributed by atoms with Gasteiger partial charge in [-0.1, -0.05) is 66.7 Å². The van der Waals surface area contributed by atoms with Gasteiger partial charge in [0.25, 0.3) is 0 Å². The molecule has 5 aromatic rings. The Kier molecular flexibility index (Phi) is 5.83. The molecule has 0 atom stereocenters. The highest BCUT2D eigenvalue weighted by Crippen LogP contribution is 2.23. The van der Waals surface area contributed by atoms with Gasteiger partial charge in [0, 0.05) is 16.6 Å². The molecule has 0 saturated carbocycles. The maximum atomic E-state index is 4.70. The predicted molar refractivity (Wildman–Crippen MR) is 135 cm³/mol. The van der Waals surface area contributed by atoms with Gasteiger partial charge >= 0.3 is 0 Å². The zero-order valence-corrected chi connectivity index (χ0v) is 19.3. The second kappa shape index (κ2) is 9.22. The molecular formula is C27H23N5S. The van der Waals surface area contributed by atoms with Crippen molar-refractivity contribution < 1.29 is 0 Å². The minimum Gasteiger partial charge on any atom is -0.284 e. The third-order valence-electron chi connectivity index (χ3n) is 5.47. The van der Waals surface area contributed by atoms with Crippen LogP contribution in [-0.4, -0.2) is 20.6 Å². The van der Waals surface area contributed by atoms with E-state index in [0.29, 0.717) is 0 Å². The SMILES string of the molecule is Cc1nn(-c2ccccc2)c(C)c1/C=N/N=c1\scc(-c2ccccc2)n1-c1ccccc1. The zero-order chi connectivity index (χ0) is 22.6. The van der Waals surface area contributed by atoms with E-state index < -0.39 is 0 Å². The summed E-state index contributed by atoms with van der Waals surface area (Å²) in [5.41, 5.74) is 7.24. The fourth-order valence-electron chi connectivity index (χ4n) is 3.82. The number of aryl methyl sites for hydroxylation is 1. The van der Waals surface area contributed by atoms with Gasteiger partial charge in [0.1, 0.15) is 0 Å². The van der Waals surface area contributed by atoms with Gasteiger partial charge in [-0.05, 0) is 43.7 Å². The van der Waals surface area contributed by atoms with Crippen molar-refractivity contribution >= 4 is 17.6 Å². The molecule has 0 bridgehead atoms. The highest BCUT2D eigenvalue weighted by molar-refractivity contribution is 7.07. The van der Waals surface area contributed by atoms with Crippen molar-refractivity contribution in [3.8, 4) is 22.6 Å². The topological polar surface area (TPSA) is 47.5 Å². The summed E-state index contributed by atoms with van der Waals surface area (Å²) in [7, 11) is 0. The third kappa shape index (κ3) is 4.21. The lowest BCUT2D eigenvalue weighted by Crippen LogP contribution is -2.13. The van der Waals surface area contributed by atoms with Gasteiger partial charge in [-0.25, -0.2) is 4.68 Å². The molecule has 0 unspecified atom stereocenters. The van der Waals surface area contributed by atoms with E-state index in [9.17, 15) is 0 Å². The molecule has 0 aliphatic rings. The molecule has 0 aliphatic heterocycles. The highest BCUT2D eigenvalue weighted by atomic mass is 32.1. The molecule has 3 aromatic carbocycles. The van der Waals surface area contributed by atoms with Crippen molar-refractivity contribution in [1.82, 2.24) is 14.3 Å². The Morgan fingerprint density at radius 2 is 1.39 bits per heavy atom. The quantitative estimate of drug-likeness (QED) is 0.242. The normalized spacial score (nSPS) is 12.0. The van der Waals surface area contributed by atoms with Gasteiger partial charge in [0.2, 0.25) is 4.80 Å². The van der Waals surface area contributed by atoms with Crippen LogP contribution in [0.3, 0.4) is 0 Å². The predicted octanol–water partition coefficient (Wildman–Crippen LogP) is 5.94. The van der Waals surface area contributed by atoms with Crippen molar-refractivity contribution in [3.05, 3.63) is 118 Å². The van der Waals surface area contributed by atoms with E-state index in [-0.39, 0.29) is 0 Å². The largest absolute Gasteiger partial charge is 0.284 e. The monoisotopic (exact) mass is 449 g/mol. The molecule has 6 heteroatoms. The molecule has 0 spiro atoms. The van der Waals surface area contributed by atoms with E-state index in [1.54, 1.807) is 17.6 Å². The maximum Gasteiger partial charge on any atom is 0.215 e. The number of rotatable bonds is 5. The van der Waals surface area contributed by atoms with E-state index >= 15 is 0 Å². The standard InChI is InChI=1S/C27H23N5S/c1-20-25(21(2)32(30-20)24-16-10-5-11-17-24)18-28-29-27-31(23-14-8-4-9-15-23)26(19-33-27)22-12-6-3-7-13-22/h3-19H,1-2H3/b28-18+,29-27-. The number of aromatic nitrogens is 3. The van der Waals surface area contributed by atoms with Crippen LogP contribution in [0.2, 0.25) is 0 Å². The van der Waals surface area contributed by atoms with E-state index in [0.717, 1.165) is 44.4 Å². The summed E-state index contributed by atoms with van der Waals surface area (Å²) < 4.78 is 4.09. The number of benzene rings is 3. The Hall–Kier alpha value is -4.03. The Labute approximate surface area is 196 Å². The van der Waals surface area contributed by atoms with Gasteiger partial charge in [-0.2, -0.15) is 10.2 Å². The Bertz CT molecular complexity index is 1460. The minimum atomic E-state index is 0.807. The van der Waals surface area contributed by atoms with Gasteiger partial charge in [-0.3, -0.25) is 4.57 Å². The van der Waals surface area contributed by atoms with Gasteiger partial charge in [-0.15, -0.1) is 16.4 Å². The lowest BCUT2D eigenvalue weighted by atomic mass is 10.1. The number of para-hydroxylation sites is 2.